The molecule has 0 aliphatic carbocycles. The van der Waals surface area contributed by atoms with E-state index in [4.69, 9.17) is 4.98 Å². The van der Waals surface area contributed by atoms with E-state index in [-0.39, 0.29) is 12.0 Å². The molecule has 2 N–H and O–H groups in total. The number of carbonyl (C=O) groups is 1. The van der Waals surface area contributed by atoms with Crippen molar-refractivity contribution in [1.29, 1.82) is 0 Å². The summed E-state index contributed by atoms with van der Waals surface area (Å²) in [7, 11) is 0. The number of anilines is 1. The molecule has 0 aliphatic rings. The van der Waals surface area contributed by atoms with Crippen LogP contribution in [0.4, 0.5) is 5.82 Å². The Hall–Kier alpha value is -2.45. The Morgan fingerprint density at radius 2 is 1.93 bits per heavy atom. The van der Waals surface area contributed by atoms with Gasteiger partial charge in [0.25, 0.3) is 0 Å². The topological polar surface area (TPSA) is 101 Å². The zero-order valence-electron chi connectivity index (χ0n) is 16.7. The highest BCUT2D eigenvalue weighted by atomic mass is 32.1. The Bertz CT molecular complexity index is 1000. The molecule has 0 bridgehead atoms. The summed E-state index contributed by atoms with van der Waals surface area (Å²) in [5, 5.41) is 14.0. The molecule has 3 aromatic rings. The van der Waals surface area contributed by atoms with E-state index in [1.807, 2.05) is 40.7 Å². The van der Waals surface area contributed by atoms with E-state index >= 15 is 0 Å². The molecule has 0 spiro atoms. The van der Waals surface area contributed by atoms with Gasteiger partial charge in [0.2, 0.25) is 0 Å². The van der Waals surface area contributed by atoms with Gasteiger partial charge in [-0.2, -0.15) is 0 Å². The van der Waals surface area contributed by atoms with Crippen LogP contribution in [0.5, 0.6) is 0 Å². The Labute approximate surface area is 168 Å². The van der Waals surface area contributed by atoms with Gasteiger partial charge in [0.15, 0.2) is 0 Å². The van der Waals surface area contributed by atoms with Crippen molar-refractivity contribution in [2.24, 2.45) is 5.92 Å². The lowest BCUT2D eigenvalue weighted by Gasteiger charge is -2.22. The predicted molar refractivity (Wildman–Crippen MR) is 112 cm³/mol. The van der Waals surface area contributed by atoms with Gasteiger partial charge in [0.05, 0.1) is 21.7 Å². The minimum Gasteiger partial charge on any atom is -0.385 e. The zero-order chi connectivity index (χ0) is 20.4. The minimum atomic E-state index is -0.961. The van der Waals surface area contributed by atoms with Gasteiger partial charge in [0, 0.05) is 12.2 Å². The largest absolute Gasteiger partial charge is 0.385 e. The van der Waals surface area contributed by atoms with Crippen LogP contribution >= 0.6 is 11.3 Å². The van der Waals surface area contributed by atoms with Gasteiger partial charge in [-0.15, -0.1) is 11.3 Å². The van der Waals surface area contributed by atoms with Crippen LogP contribution in [0, 0.1) is 26.7 Å². The molecule has 148 valence electrons. The third-order valence-corrected chi connectivity index (χ3v) is 5.77. The molecular weight excluding hydrogens is 374 g/mol. The van der Waals surface area contributed by atoms with E-state index in [0.717, 1.165) is 38.0 Å². The molecule has 3 rings (SSSR count). The van der Waals surface area contributed by atoms with Crippen LogP contribution in [-0.4, -0.2) is 43.5 Å². The molecule has 28 heavy (non-hydrogen) atoms. The summed E-state index contributed by atoms with van der Waals surface area (Å²) >= 11 is 1.59. The number of nitrogens with one attached hydrogen (secondary N) is 1. The fourth-order valence-electron chi connectivity index (χ4n) is 3.29. The number of aldehydes is 1. The van der Waals surface area contributed by atoms with Crippen LogP contribution in [0.15, 0.2) is 12.3 Å². The summed E-state index contributed by atoms with van der Waals surface area (Å²) in [6, 6.07) is 1.97. The van der Waals surface area contributed by atoms with Crippen molar-refractivity contribution in [3.05, 3.63) is 29.5 Å². The number of aliphatic hydroxyl groups is 1. The maximum Gasteiger partial charge on any atom is 0.148 e. The second kappa shape index (κ2) is 8.28. The van der Waals surface area contributed by atoms with Gasteiger partial charge >= 0.3 is 0 Å². The van der Waals surface area contributed by atoms with E-state index in [9.17, 15) is 9.90 Å². The molecule has 3 heterocycles. The lowest BCUT2D eigenvalue weighted by molar-refractivity contribution is -0.117. The molecule has 8 heteroatoms. The van der Waals surface area contributed by atoms with Crippen LogP contribution in [0.1, 0.15) is 37.5 Å². The number of nitrogens with zero attached hydrogens (tertiary/aromatic N) is 4. The lowest BCUT2D eigenvalue weighted by atomic mass is 9.97. The smallest absolute Gasteiger partial charge is 0.148 e. The Morgan fingerprint density at radius 3 is 2.61 bits per heavy atom. The quantitative estimate of drug-likeness (QED) is 0.587. The average molecular weight is 400 g/mol. The number of pyridine rings is 1. The molecule has 0 saturated carbocycles. The lowest BCUT2D eigenvalue weighted by Crippen LogP contribution is -2.27. The van der Waals surface area contributed by atoms with Crippen molar-refractivity contribution >= 4 is 33.7 Å². The Kier molecular flexibility index (Phi) is 6.00. The molecule has 3 atom stereocenters. The molecule has 3 aromatic heterocycles. The predicted octanol–water partition coefficient (Wildman–Crippen LogP) is 3.46. The van der Waals surface area contributed by atoms with E-state index in [0.29, 0.717) is 18.5 Å². The summed E-state index contributed by atoms with van der Waals surface area (Å²) in [5.41, 5.74) is 3.52. The number of thiazole rings is 1. The molecule has 0 fully saturated rings. The number of aliphatic hydroxyl groups excluding tert-OH is 1. The maximum atomic E-state index is 10.8. The zero-order valence-corrected chi connectivity index (χ0v) is 17.5. The van der Waals surface area contributed by atoms with Crippen molar-refractivity contribution in [1.82, 2.24) is 19.9 Å². The highest BCUT2D eigenvalue weighted by Gasteiger charge is 2.21. The summed E-state index contributed by atoms with van der Waals surface area (Å²) < 4.78 is 1.07. The average Bonchev–Trinajstić information content (AvgIpc) is 3.05. The minimum absolute atomic E-state index is 0.00910. The number of rotatable bonds is 7. The SMILES string of the molecule is Cc1nc(C)c(-c2nc3c(C)nccc3s2)c(NC(C)CC(C)C(O)C=O)n1. The summed E-state index contributed by atoms with van der Waals surface area (Å²) in [6.07, 6.45) is 2.04. The first-order valence-electron chi connectivity index (χ1n) is 9.27. The second-order valence-corrected chi connectivity index (χ2v) is 8.26. The standard InChI is InChI=1S/C20H25N5O2S/c1-10(15(27)9-26)8-11(2)22-19-17(12(3)23-14(5)24-19)20-25-18-13(4)21-7-6-16(18)28-20/h6-7,9-11,15,27H,8H2,1-5H3,(H,22,23,24). The summed E-state index contributed by atoms with van der Waals surface area (Å²) in [6.45, 7) is 9.63. The molecule has 0 amide bonds. The van der Waals surface area contributed by atoms with Gasteiger partial charge in [0.1, 0.15) is 34.6 Å². The third kappa shape index (κ3) is 4.18. The van der Waals surface area contributed by atoms with Gasteiger partial charge in [-0.3, -0.25) is 4.98 Å². The first kappa shape index (κ1) is 20.3. The van der Waals surface area contributed by atoms with Crippen LogP contribution in [0.2, 0.25) is 0 Å². The molecule has 7 nitrogen and oxygen atoms in total. The Balaban J connectivity index is 1.97. The Morgan fingerprint density at radius 1 is 1.18 bits per heavy atom. The van der Waals surface area contributed by atoms with E-state index in [2.05, 4.69) is 20.3 Å². The third-order valence-electron chi connectivity index (χ3n) is 4.74. The number of aryl methyl sites for hydroxylation is 3. The first-order valence-corrected chi connectivity index (χ1v) is 10.1. The highest BCUT2D eigenvalue weighted by Crippen LogP contribution is 2.36. The number of hydrogen-bond acceptors (Lipinski definition) is 8. The van der Waals surface area contributed by atoms with Crippen molar-refractivity contribution in [2.75, 3.05) is 5.32 Å². The highest BCUT2D eigenvalue weighted by molar-refractivity contribution is 7.21. The maximum absolute atomic E-state index is 10.8. The van der Waals surface area contributed by atoms with E-state index in [1.165, 1.54) is 0 Å². The molecule has 0 aliphatic heterocycles. The van der Waals surface area contributed by atoms with Crippen molar-refractivity contribution in [2.45, 2.75) is 53.2 Å². The first-order chi connectivity index (χ1) is 13.3. The van der Waals surface area contributed by atoms with Crippen LogP contribution in [0.25, 0.3) is 20.8 Å². The van der Waals surface area contributed by atoms with Crippen molar-refractivity contribution in [3.8, 4) is 10.6 Å². The van der Waals surface area contributed by atoms with E-state index < -0.39 is 6.10 Å². The molecule has 0 saturated heterocycles. The summed E-state index contributed by atoms with van der Waals surface area (Å²) in [5.74, 6) is 1.24. The fraction of sp³-hybridized carbons (Fsp3) is 0.450. The monoisotopic (exact) mass is 399 g/mol. The van der Waals surface area contributed by atoms with Gasteiger partial charge in [-0.05, 0) is 46.1 Å². The van der Waals surface area contributed by atoms with Gasteiger partial charge < -0.3 is 15.2 Å². The summed E-state index contributed by atoms with van der Waals surface area (Å²) in [4.78, 5) is 29.1. The van der Waals surface area contributed by atoms with Crippen LogP contribution in [0.3, 0.4) is 0 Å². The number of aromatic nitrogens is 4. The van der Waals surface area contributed by atoms with Gasteiger partial charge in [-0.25, -0.2) is 15.0 Å². The number of carbonyl (C=O) groups excluding carboxylic acids is 1. The molecule has 3 unspecified atom stereocenters. The number of hydrogen-bond donors (Lipinski definition) is 2. The van der Waals surface area contributed by atoms with Crippen LogP contribution < -0.4 is 5.32 Å². The molecule has 0 aromatic carbocycles. The van der Waals surface area contributed by atoms with Crippen molar-refractivity contribution in [3.63, 3.8) is 0 Å². The van der Waals surface area contributed by atoms with E-state index in [1.54, 1.807) is 17.5 Å². The normalized spacial score (nSPS) is 14.6. The van der Waals surface area contributed by atoms with Crippen LogP contribution in [-0.2, 0) is 4.79 Å². The second-order valence-electron chi connectivity index (χ2n) is 7.23. The van der Waals surface area contributed by atoms with Gasteiger partial charge in [-0.1, -0.05) is 6.92 Å². The number of fused-ring (bicyclic) bond motifs is 1. The molecule has 0 radical (unpaired) electrons. The molecular formula is C20H25N5O2S. The fourth-order valence-corrected chi connectivity index (χ4v) is 4.40. The van der Waals surface area contributed by atoms with Crippen molar-refractivity contribution < 1.29 is 9.90 Å².